The lowest BCUT2D eigenvalue weighted by Crippen LogP contribution is -2.32. The average molecular weight is 274 g/mol. The Morgan fingerprint density at radius 1 is 0.947 bits per heavy atom. The van der Waals surface area contributed by atoms with Crippen molar-refractivity contribution in [2.45, 2.75) is 32.6 Å². The van der Waals surface area contributed by atoms with Crippen molar-refractivity contribution in [1.82, 2.24) is 10.2 Å². The summed E-state index contributed by atoms with van der Waals surface area (Å²) < 4.78 is 0. The molecule has 0 saturated carbocycles. The van der Waals surface area contributed by atoms with Crippen molar-refractivity contribution >= 4 is 17.8 Å². The van der Waals surface area contributed by atoms with E-state index in [9.17, 15) is 14.4 Å². The van der Waals surface area contributed by atoms with E-state index in [0.717, 1.165) is 12.8 Å². The van der Waals surface area contributed by atoms with Gasteiger partial charge in [0.05, 0.1) is 12.8 Å². The fraction of sp³-hybridized carbons (Fsp3) is 0.750. The van der Waals surface area contributed by atoms with E-state index in [-0.39, 0.29) is 25.3 Å². The third kappa shape index (κ3) is 11.2. The highest BCUT2D eigenvalue weighted by atomic mass is 16.4. The first-order chi connectivity index (χ1) is 8.93. The van der Waals surface area contributed by atoms with Crippen molar-refractivity contribution in [3.63, 3.8) is 0 Å². The molecule has 0 aromatic carbocycles. The molecule has 0 heterocycles. The normalized spacial score (nSPS) is 10.2. The molecule has 3 N–H and O–H groups in total. The van der Waals surface area contributed by atoms with Crippen LogP contribution in [-0.4, -0.2) is 59.1 Å². The van der Waals surface area contributed by atoms with E-state index in [1.165, 1.54) is 11.8 Å². The van der Waals surface area contributed by atoms with Crippen LogP contribution in [0.4, 0.5) is 0 Å². The molecule has 0 saturated heterocycles. The van der Waals surface area contributed by atoms with Gasteiger partial charge in [0.2, 0.25) is 5.91 Å². The van der Waals surface area contributed by atoms with Crippen molar-refractivity contribution in [2.24, 2.45) is 0 Å². The van der Waals surface area contributed by atoms with Crippen LogP contribution in [0.5, 0.6) is 0 Å². The predicted octanol–water partition coefficient (Wildman–Crippen LogP) is 0.154. The lowest BCUT2D eigenvalue weighted by Gasteiger charge is -2.20. The molecular formula is C12H22N2O5. The molecule has 0 aliphatic heterocycles. The van der Waals surface area contributed by atoms with Gasteiger partial charge < -0.3 is 20.4 Å². The Bertz CT molecular complexity index is 306. The topological polar surface area (TPSA) is 107 Å². The van der Waals surface area contributed by atoms with Gasteiger partial charge >= 0.3 is 11.9 Å². The Morgan fingerprint density at radius 2 is 1.58 bits per heavy atom. The predicted molar refractivity (Wildman–Crippen MR) is 68.9 cm³/mol. The Hall–Kier alpha value is -1.63. The minimum absolute atomic E-state index is 0.0452. The second-order valence-corrected chi connectivity index (χ2v) is 4.25. The van der Waals surface area contributed by atoms with Crippen molar-refractivity contribution in [3.8, 4) is 0 Å². The number of carboxylic acid groups (broad SMARTS) is 2. The fourth-order valence-electron chi connectivity index (χ4n) is 1.53. The Labute approximate surface area is 112 Å². The number of rotatable bonds is 11. The Morgan fingerprint density at radius 3 is 2.11 bits per heavy atom. The maximum atomic E-state index is 11.2. The molecule has 7 nitrogen and oxygen atoms in total. The quantitative estimate of drug-likeness (QED) is 0.463. The second kappa shape index (κ2) is 10.3. The highest BCUT2D eigenvalue weighted by Gasteiger charge is 2.09. The first kappa shape index (κ1) is 17.4. The number of unbranched alkanes of at least 4 members (excludes halogenated alkanes) is 1. The van der Waals surface area contributed by atoms with Crippen molar-refractivity contribution in [1.29, 1.82) is 0 Å². The van der Waals surface area contributed by atoms with E-state index in [1.54, 1.807) is 0 Å². The maximum absolute atomic E-state index is 11.2. The van der Waals surface area contributed by atoms with Gasteiger partial charge in [0, 0.05) is 26.6 Å². The lowest BCUT2D eigenvalue weighted by atomic mass is 10.2. The van der Waals surface area contributed by atoms with E-state index in [0.29, 0.717) is 19.6 Å². The first-order valence-electron chi connectivity index (χ1n) is 6.33. The molecule has 7 heteroatoms. The zero-order chi connectivity index (χ0) is 14.7. The van der Waals surface area contributed by atoms with Crippen molar-refractivity contribution in [3.05, 3.63) is 0 Å². The summed E-state index contributed by atoms with van der Waals surface area (Å²) in [6.07, 6.45) is 1.63. The second-order valence-electron chi connectivity index (χ2n) is 4.25. The van der Waals surface area contributed by atoms with E-state index >= 15 is 0 Å². The highest BCUT2D eigenvalue weighted by molar-refractivity contribution is 5.74. The van der Waals surface area contributed by atoms with Gasteiger partial charge in [-0.25, -0.2) is 0 Å². The Balaban J connectivity index is 3.61. The number of carbonyl (C=O) groups excluding carboxylic acids is 1. The van der Waals surface area contributed by atoms with Gasteiger partial charge in [0.15, 0.2) is 0 Å². The number of hydrogen-bond acceptors (Lipinski definition) is 4. The molecule has 0 aromatic rings. The number of hydrogen-bond donors (Lipinski definition) is 3. The van der Waals surface area contributed by atoms with Gasteiger partial charge in [0.1, 0.15) is 0 Å². The molecule has 0 aliphatic rings. The molecule has 0 atom stereocenters. The van der Waals surface area contributed by atoms with E-state index < -0.39 is 11.9 Å². The van der Waals surface area contributed by atoms with Crippen LogP contribution >= 0.6 is 0 Å². The SMILES string of the molecule is CC(=O)N(CCCCNCCC(=O)O)CCC(=O)O. The summed E-state index contributed by atoms with van der Waals surface area (Å²) in [4.78, 5) is 33.4. The zero-order valence-corrected chi connectivity index (χ0v) is 11.2. The molecule has 0 unspecified atom stereocenters. The summed E-state index contributed by atoms with van der Waals surface area (Å²) in [7, 11) is 0. The minimum Gasteiger partial charge on any atom is -0.481 e. The molecule has 0 aliphatic carbocycles. The van der Waals surface area contributed by atoms with E-state index in [4.69, 9.17) is 10.2 Å². The van der Waals surface area contributed by atoms with Gasteiger partial charge in [-0.2, -0.15) is 0 Å². The van der Waals surface area contributed by atoms with E-state index in [2.05, 4.69) is 5.32 Å². The molecule has 0 fully saturated rings. The van der Waals surface area contributed by atoms with Crippen molar-refractivity contribution in [2.75, 3.05) is 26.2 Å². The standard InChI is InChI=1S/C12H22N2O5/c1-10(15)14(9-5-12(18)19)8-3-2-6-13-7-4-11(16)17/h13H,2-9H2,1H3,(H,16,17)(H,18,19). The monoisotopic (exact) mass is 274 g/mol. The van der Waals surface area contributed by atoms with Crippen LogP contribution in [0.1, 0.15) is 32.6 Å². The molecule has 0 spiro atoms. The first-order valence-corrected chi connectivity index (χ1v) is 6.33. The maximum Gasteiger partial charge on any atom is 0.305 e. The average Bonchev–Trinajstić information content (AvgIpc) is 2.30. The Kier molecular flexibility index (Phi) is 9.42. The molecule has 0 aromatic heterocycles. The number of nitrogens with zero attached hydrogens (tertiary/aromatic N) is 1. The van der Waals surface area contributed by atoms with Crippen molar-refractivity contribution < 1.29 is 24.6 Å². The number of amides is 1. The van der Waals surface area contributed by atoms with E-state index in [1.807, 2.05) is 0 Å². The summed E-state index contributed by atoms with van der Waals surface area (Å²) in [5.41, 5.74) is 0. The summed E-state index contributed by atoms with van der Waals surface area (Å²) >= 11 is 0. The van der Waals surface area contributed by atoms with Gasteiger partial charge in [-0.05, 0) is 19.4 Å². The van der Waals surface area contributed by atoms with Crippen LogP contribution in [0.25, 0.3) is 0 Å². The molecular weight excluding hydrogens is 252 g/mol. The number of nitrogens with one attached hydrogen (secondary N) is 1. The third-order valence-corrected chi connectivity index (χ3v) is 2.59. The molecule has 0 radical (unpaired) electrons. The van der Waals surface area contributed by atoms with Crippen LogP contribution in [0.2, 0.25) is 0 Å². The van der Waals surface area contributed by atoms with Crippen LogP contribution in [-0.2, 0) is 14.4 Å². The summed E-state index contributed by atoms with van der Waals surface area (Å²) in [6, 6.07) is 0. The highest BCUT2D eigenvalue weighted by Crippen LogP contribution is 1.98. The largest absolute Gasteiger partial charge is 0.481 e. The van der Waals surface area contributed by atoms with Crippen LogP contribution in [0, 0.1) is 0 Å². The molecule has 110 valence electrons. The van der Waals surface area contributed by atoms with Crippen LogP contribution in [0.3, 0.4) is 0 Å². The smallest absolute Gasteiger partial charge is 0.305 e. The number of carbonyl (C=O) groups is 3. The third-order valence-electron chi connectivity index (χ3n) is 2.59. The molecule has 0 rings (SSSR count). The number of aliphatic carboxylic acids is 2. The van der Waals surface area contributed by atoms with Gasteiger partial charge in [-0.3, -0.25) is 14.4 Å². The minimum atomic E-state index is -0.915. The summed E-state index contributed by atoms with van der Waals surface area (Å²) in [6.45, 7) is 3.32. The molecule has 19 heavy (non-hydrogen) atoms. The van der Waals surface area contributed by atoms with Gasteiger partial charge in [-0.15, -0.1) is 0 Å². The van der Waals surface area contributed by atoms with Gasteiger partial charge in [-0.1, -0.05) is 0 Å². The van der Waals surface area contributed by atoms with Gasteiger partial charge in [0.25, 0.3) is 0 Å². The molecule has 0 bridgehead atoms. The lowest BCUT2D eigenvalue weighted by molar-refractivity contribution is -0.139. The molecule has 1 amide bonds. The summed E-state index contributed by atoms with van der Waals surface area (Å²) in [5, 5.41) is 20.0. The van der Waals surface area contributed by atoms with Crippen LogP contribution in [0.15, 0.2) is 0 Å². The fourth-order valence-corrected chi connectivity index (χ4v) is 1.53. The number of carboxylic acids is 2. The summed E-state index contributed by atoms with van der Waals surface area (Å²) in [5.74, 6) is -1.87. The van der Waals surface area contributed by atoms with Crippen LogP contribution < -0.4 is 5.32 Å². The zero-order valence-electron chi connectivity index (χ0n) is 11.2.